The number of para-hydroxylation sites is 1. The molecular formula is C24H18ClNO5. The molecule has 7 heteroatoms. The van der Waals surface area contributed by atoms with E-state index in [1.54, 1.807) is 36.4 Å². The van der Waals surface area contributed by atoms with E-state index < -0.39 is 17.8 Å². The zero-order valence-corrected chi connectivity index (χ0v) is 17.4. The van der Waals surface area contributed by atoms with Crippen LogP contribution in [0, 0.1) is 6.92 Å². The third kappa shape index (κ3) is 4.15. The van der Waals surface area contributed by atoms with Crippen molar-refractivity contribution in [2.24, 2.45) is 0 Å². The Morgan fingerprint density at radius 1 is 0.903 bits per heavy atom. The van der Waals surface area contributed by atoms with Crippen molar-refractivity contribution in [1.82, 2.24) is 0 Å². The zero-order valence-electron chi connectivity index (χ0n) is 16.6. The van der Waals surface area contributed by atoms with E-state index in [1.165, 1.54) is 18.2 Å². The number of fused-ring (bicyclic) bond motifs is 1. The molecule has 0 N–H and O–H groups in total. The Kier molecular flexibility index (Phi) is 5.73. The number of anilines is 1. The highest BCUT2D eigenvalue weighted by Crippen LogP contribution is 2.31. The largest absolute Gasteiger partial charge is 0.490 e. The molecule has 31 heavy (non-hydrogen) atoms. The molecule has 3 aromatic rings. The van der Waals surface area contributed by atoms with Gasteiger partial charge in [-0.05, 0) is 55.0 Å². The molecule has 0 spiro atoms. The van der Waals surface area contributed by atoms with Crippen molar-refractivity contribution in [3.63, 3.8) is 0 Å². The molecule has 4 rings (SSSR count). The zero-order chi connectivity index (χ0) is 22.0. The van der Waals surface area contributed by atoms with Gasteiger partial charge in [0.25, 0.3) is 11.8 Å². The molecule has 0 fully saturated rings. The van der Waals surface area contributed by atoms with Gasteiger partial charge in [-0.3, -0.25) is 9.59 Å². The Bertz CT molecular complexity index is 1190. The van der Waals surface area contributed by atoms with E-state index in [4.69, 9.17) is 21.1 Å². The fourth-order valence-corrected chi connectivity index (χ4v) is 3.52. The normalized spacial score (nSPS) is 12.6. The molecule has 0 aromatic heterocycles. The highest BCUT2D eigenvalue weighted by Gasteiger charge is 2.37. The van der Waals surface area contributed by atoms with E-state index in [9.17, 15) is 14.4 Å². The molecule has 3 aromatic carbocycles. The molecule has 1 aliphatic heterocycles. The molecule has 2 amide bonds. The standard InChI is InChI=1S/C24H18ClNO5/c1-15-5-2-3-8-21(15)26-22(27)19-10-9-16(13-20(19)23(26)28)24(29)31-12-11-30-18-7-4-6-17(25)14-18/h2-10,13-14H,11-12H2,1H3. The van der Waals surface area contributed by atoms with E-state index in [-0.39, 0.29) is 29.9 Å². The van der Waals surface area contributed by atoms with Gasteiger partial charge in [0.2, 0.25) is 0 Å². The molecule has 0 saturated heterocycles. The van der Waals surface area contributed by atoms with Gasteiger partial charge in [-0.1, -0.05) is 35.9 Å². The number of ether oxygens (including phenoxy) is 2. The first-order valence-corrected chi connectivity index (χ1v) is 9.97. The van der Waals surface area contributed by atoms with Crippen molar-refractivity contribution in [3.8, 4) is 5.75 Å². The number of esters is 1. The Labute approximate surface area is 184 Å². The maximum atomic E-state index is 12.9. The molecular weight excluding hydrogens is 418 g/mol. The number of nitrogens with zero attached hydrogens (tertiary/aromatic N) is 1. The predicted octanol–water partition coefficient (Wildman–Crippen LogP) is 4.68. The smallest absolute Gasteiger partial charge is 0.338 e. The quantitative estimate of drug-likeness (QED) is 0.319. The number of hydrogen-bond donors (Lipinski definition) is 0. The summed E-state index contributed by atoms with van der Waals surface area (Å²) in [6.07, 6.45) is 0. The van der Waals surface area contributed by atoms with Gasteiger partial charge in [0.05, 0.1) is 22.4 Å². The molecule has 0 unspecified atom stereocenters. The van der Waals surface area contributed by atoms with E-state index in [1.807, 2.05) is 19.1 Å². The van der Waals surface area contributed by atoms with Gasteiger partial charge >= 0.3 is 5.97 Å². The van der Waals surface area contributed by atoms with Crippen LogP contribution < -0.4 is 9.64 Å². The first-order valence-electron chi connectivity index (χ1n) is 9.59. The Balaban J connectivity index is 1.43. The number of amides is 2. The molecule has 0 atom stereocenters. The first kappa shape index (κ1) is 20.6. The molecule has 6 nitrogen and oxygen atoms in total. The summed E-state index contributed by atoms with van der Waals surface area (Å²) in [6, 6.07) is 18.4. The first-order chi connectivity index (χ1) is 15.0. The van der Waals surface area contributed by atoms with Gasteiger partial charge < -0.3 is 9.47 Å². The van der Waals surface area contributed by atoms with Crippen molar-refractivity contribution < 1.29 is 23.9 Å². The number of benzene rings is 3. The van der Waals surface area contributed by atoms with Crippen LogP contribution in [-0.2, 0) is 4.74 Å². The second-order valence-electron chi connectivity index (χ2n) is 6.93. The lowest BCUT2D eigenvalue weighted by Crippen LogP contribution is -2.29. The second-order valence-corrected chi connectivity index (χ2v) is 7.37. The minimum absolute atomic E-state index is 0.0185. The molecule has 0 saturated carbocycles. The highest BCUT2D eigenvalue weighted by molar-refractivity contribution is 6.35. The van der Waals surface area contributed by atoms with Crippen molar-refractivity contribution in [1.29, 1.82) is 0 Å². The number of carbonyl (C=O) groups is 3. The Morgan fingerprint density at radius 2 is 1.68 bits per heavy atom. The number of aryl methyl sites for hydroxylation is 1. The van der Waals surface area contributed by atoms with Crippen molar-refractivity contribution in [3.05, 3.63) is 94.0 Å². The summed E-state index contributed by atoms with van der Waals surface area (Å²) in [5.74, 6) is -0.911. The van der Waals surface area contributed by atoms with E-state index in [0.717, 1.165) is 10.5 Å². The van der Waals surface area contributed by atoms with Crippen LogP contribution in [0.3, 0.4) is 0 Å². The third-order valence-corrected chi connectivity index (χ3v) is 5.10. The van der Waals surface area contributed by atoms with Crippen LogP contribution >= 0.6 is 11.6 Å². The molecule has 156 valence electrons. The van der Waals surface area contributed by atoms with E-state index >= 15 is 0 Å². The number of imide groups is 1. The van der Waals surface area contributed by atoms with Crippen molar-refractivity contribution in [2.75, 3.05) is 18.1 Å². The monoisotopic (exact) mass is 435 g/mol. The van der Waals surface area contributed by atoms with Gasteiger partial charge in [0.15, 0.2) is 0 Å². The average Bonchev–Trinajstić information content (AvgIpc) is 3.01. The maximum absolute atomic E-state index is 12.9. The maximum Gasteiger partial charge on any atom is 0.338 e. The number of halogens is 1. The molecule has 1 aliphatic rings. The lowest BCUT2D eigenvalue weighted by molar-refractivity contribution is 0.0450. The number of rotatable bonds is 6. The minimum atomic E-state index is -0.605. The van der Waals surface area contributed by atoms with Crippen molar-refractivity contribution in [2.45, 2.75) is 6.92 Å². The van der Waals surface area contributed by atoms with E-state index in [2.05, 4.69) is 0 Å². The number of carbonyl (C=O) groups excluding carboxylic acids is 3. The van der Waals surface area contributed by atoms with Crippen LogP contribution in [0.15, 0.2) is 66.7 Å². The summed E-state index contributed by atoms with van der Waals surface area (Å²) in [6.45, 7) is 1.99. The predicted molar refractivity (Wildman–Crippen MR) is 116 cm³/mol. The summed E-state index contributed by atoms with van der Waals surface area (Å²) in [4.78, 5) is 39.2. The lowest BCUT2D eigenvalue weighted by atomic mass is 10.1. The fourth-order valence-electron chi connectivity index (χ4n) is 3.33. The van der Waals surface area contributed by atoms with Crippen LogP contribution in [0.5, 0.6) is 5.75 Å². The lowest BCUT2D eigenvalue weighted by Gasteiger charge is -2.16. The van der Waals surface area contributed by atoms with Gasteiger partial charge in [-0.15, -0.1) is 0 Å². The Morgan fingerprint density at radius 3 is 2.45 bits per heavy atom. The molecule has 0 aliphatic carbocycles. The third-order valence-electron chi connectivity index (χ3n) is 4.86. The van der Waals surface area contributed by atoms with Crippen LogP contribution in [0.1, 0.15) is 36.6 Å². The van der Waals surface area contributed by atoms with E-state index in [0.29, 0.717) is 16.5 Å². The summed E-state index contributed by atoms with van der Waals surface area (Å²) >= 11 is 5.89. The van der Waals surface area contributed by atoms with Gasteiger partial charge in [0.1, 0.15) is 19.0 Å². The molecule has 0 bridgehead atoms. The van der Waals surface area contributed by atoms with Gasteiger partial charge in [-0.2, -0.15) is 0 Å². The summed E-state index contributed by atoms with van der Waals surface area (Å²) in [7, 11) is 0. The topological polar surface area (TPSA) is 72.9 Å². The summed E-state index contributed by atoms with van der Waals surface area (Å²) in [5, 5.41) is 0.548. The van der Waals surface area contributed by atoms with Crippen LogP contribution in [0.2, 0.25) is 5.02 Å². The Hall–Kier alpha value is -3.64. The summed E-state index contributed by atoms with van der Waals surface area (Å²) < 4.78 is 10.7. The fraction of sp³-hybridized carbons (Fsp3) is 0.125. The molecule has 1 heterocycles. The van der Waals surface area contributed by atoms with Crippen LogP contribution in [-0.4, -0.2) is 31.0 Å². The SMILES string of the molecule is Cc1ccccc1N1C(=O)c2ccc(C(=O)OCCOc3cccc(Cl)c3)cc2C1=O. The van der Waals surface area contributed by atoms with Crippen LogP contribution in [0.25, 0.3) is 0 Å². The summed E-state index contributed by atoms with van der Waals surface area (Å²) in [5.41, 5.74) is 1.95. The van der Waals surface area contributed by atoms with Crippen LogP contribution in [0.4, 0.5) is 5.69 Å². The van der Waals surface area contributed by atoms with Crippen molar-refractivity contribution >= 4 is 35.1 Å². The highest BCUT2D eigenvalue weighted by atomic mass is 35.5. The van der Waals surface area contributed by atoms with Gasteiger partial charge in [0, 0.05) is 5.02 Å². The number of hydrogen-bond acceptors (Lipinski definition) is 5. The average molecular weight is 436 g/mol. The van der Waals surface area contributed by atoms with Gasteiger partial charge in [-0.25, -0.2) is 9.69 Å². The second kappa shape index (κ2) is 8.62. The minimum Gasteiger partial charge on any atom is -0.490 e. The molecule has 0 radical (unpaired) electrons.